The standard InChI is InChI=1S/C16H14N2O/c1-11(15(9-17)10-18)12-3-4-14-8-16(19-2)6-5-13(14)7-12/h3-8,11,15H,1-2H3. The van der Waals surface area contributed by atoms with Crippen LogP contribution in [-0.4, -0.2) is 7.11 Å². The van der Waals surface area contributed by atoms with Crippen LogP contribution in [-0.2, 0) is 0 Å². The predicted molar refractivity (Wildman–Crippen MR) is 73.6 cm³/mol. The van der Waals surface area contributed by atoms with Crippen LogP contribution in [0.15, 0.2) is 36.4 Å². The minimum absolute atomic E-state index is 0.0958. The van der Waals surface area contributed by atoms with Crippen molar-refractivity contribution in [3.8, 4) is 17.9 Å². The van der Waals surface area contributed by atoms with Crippen LogP contribution in [0.2, 0.25) is 0 Å². The van der Waals surface area contributed by atoms with E-state index in [-0.39, 0.29) is 5.92 Å². The van der Waals surface area contributed by atoms with Crippen LogP contribution in [0.5, 0.6) is 5.75 Å². The zero-order valence-corrected chi connectivity index (χ0v) is 10.9. The van der Waals surface area contributed by atoms with E-state index < -0.39 is 5.92 Å². The molecule has 0 spiro atoms. The number of rotatable bonds is 3. The normalized spacial score (nSPS) is 11.8. The van der Waals surface area contributed by atoms with Crippen molar-refractivity contribution < 1.29 is 4.74 Å². The lowest BCUT2D eigenvalue weighted by Crippen LogP contribution is -2.05. The summed E-state index contributed by atoms with van der Waals surface area (Å²) in [5, 5.41) is 20.1. The van der Waals surface area contributed by atoms with Crippen molar-refractivity contribution in [1.29, 1.82) is 10.5 Å². The maximum Gasteiger partial charge on any atom is 0.139 e. The van der Waals surface area contributed by atoms with E-state index in [2.05, 4.69) is 0 Å². The number of ether oxygens (including phenoxy) is 1. The van der Waals surface area contributed by atoms with E-state index in [4.69, 9.17) is 15.3 Å². The fourth-order valence-corrected chi connectivity index (χ4v) is 2.10. The highest BCUT2D eigenvalue weighted by Gasteiger charge is 2.18. The molecule has 1 unspecified atom stereocenters. The average Bonchev–Trinajstić information content (AvgIpc) is 2.47. The fraction of sp³-hybridized carbons (Fsp3) is 0.250. The third-order valence-electron chi connectivity index (χ3n) is 3.38. The molecule has 0 aliphatic rings. The smallest absolute Gasteiger partial charge is 0.139 e. The summed E-state index contributed by atoms with van der Waals surface area (Å²) in [5.74, 6) is 0.109. The molecule has 0 aliphatic carbocycles. The second-order valence-corrected chi connectivity index (χ2v) is 4.50. The highest BCUT2D eigenvalue weighted by atomic mass is 16.5. The molecule has 19 heavy (non-hydrogen) atoms. The molecule has 0 amide bonds. The van der Waals surface area contributed by atoms with Crippen molar-refractivity contribution >= 4 is 10.8 Å². The van der Waals surface area contributed by atoms with Crippen molar-refractivity contribution in [3.05, 3.63) is 42.0 Å². The van der Waals surface area contributed by atoms with Crippen LogP contribution in [0.3, 0.4) is 0 Å². The van der Waals surface area contributed by atoms with Crippen LogP contribution >= 0.6 is 0 Å². The molecular weight excluding hydrogens is 236 g/mol. The number of hydrogen-bond donors (Lipinski definition) is 0. The summed E-state index contributed by atoms with van der Waals surface area (Å²) in [5.41, 5.74) is 1.01. The maximum atomic E-state index is 8.95. The Kier molecular flexibility index (Phi) is 3.68. The fourth-order valence-electron chi connectivity index (χ4n) is 2.10. The van der Waals surface area contributed by atoms with Crippen LogP contribution in [0.4, 0.5) is 0 Å². The van der Waals surface area contributed by atoms with E-state index in [9.17, 15) is 0 Å². The summed E-state index contributed by atoms with van der Waals surface area (Å²) in [6.45, 7) is 1.90. The van der Waals surface area contributed by atoms with Gasteiger partial charge in [-0.15, -0.1) is 0 Å². The van der Waals surface area contributed by atoms with E-state index in [1.165, 1.54) is 0 Å². The Morgan fingerprint density at radius 3 is 2.26 bits per heavy atom. The van der Waals surface area contributed by atoms with Gasteiger partial charge in [-0.1, -0.05) is 31.2 Å². The number of methoxy groups -OCH3 is 1. The second-order valence-electron chi connectivity index (χ2n) is 4.50. The first-order valence-corrected chi connectivity index (χ1v) is 6.06. The molecule has 3 nitrogen and oxygen atoms in total. The lowest BCUT2D eigenvalue weighted by molar-refractivity contribution is 0.415. The zero-order valence-electron chi connectivity index (χ0n) is 10.9. The topological polar surface area (TPSA) is 56.8 Å². The van der Waals surface area contributed by atoms with Gasteiger partial charge in [-0.3, -0.25) is 0 Å². The molecule has 0 bridgehead atoms. The molecule has 0 fully saturated rings. The Bertz CT molecular complexity index is 665. The Labute approximate surface area is 112 Å². The monoisotopic (exact) mass is 250 g/mol. The van der Waals surface area contributed by atoms with Gasteiger partial charge in [0.05, 0.1) is 19.2 Å². The molecule has 0 radical (unpaired) electrons. The highest BCUT2D eigenvalue weighted by molar-refractivity contribution is 5.84. The van der Waals surface area contributed by atoms with Gasteiger partial charge in [0.25, 0.3) is 0 Å². The van der Waals surface area contributed by atoms with E-state index in [1.54, 1.807) is 7.11 Å². The first-order chi connectivity index (χ1) is 9.19. The largest absolute Gasteiger partial charge is 0.497 e. The first-order valence-electron chi connectivity index (χ1n) is 6.06. The quantitative estimate of drug-likeness (QED) is 0.836. The Morgan fingerprint density at radius 1 is 1.00 bits per heavy atom. The van der Waals surface area contributed by atoms with Gasteiger partial charge in [0.15, 0.2) is 0 Å². The summed E-state index contributed by atoms with van der Waals surface area (Å²) in [6, 6.07) is 15.9. The number of nitrogens with zero attached hydrogens (tertiary/aromatic N) is 2. The average molecular weight is 250 g/mol. The van der Waals surface area contributed by atoms with Crippen molar-refractivity contribution in [2.75, 3.05) is 7.11 Å². The van der Waals surface area contributed by atoms with Gasteiger partial charge >= 0.3 is 0 Å². The Morgan fingerprint density at radius 2 is 1.63 bits per heavy atom. The van der Waals surface area contributed by atoms with Crippen LogP contribution in [0.25, 0.3) is 10.8 Å². The molecular formula is C16H14N2O. The predicted octanol–water partition coefficient (Wildman–Crippen LogP) is 3.62. The van der Waals surface area contributed by atoms with Gasteiger partial charge in [-0.05, 0) is 28.5 Å². The second kappa shape index (κ2) is 5.42. The van der Waals surface area contributed by atoms with Gasteiger partial charge < -0.3 is 4.74 Å². The van der Waals surface area contributed by atoms with Crippen molar-refractivity contribution in [2.24, 2.45) is 5.92 Å². The molecule has 0 saturated heterocycles. The van der Waals surface area contributed by atoms with Crippen molar-refractivity contribution in [2.45, 2.75) is 12.8 Å². The molecule has 0 N–H and O–H groups in total. The maximum absolute atomic E-state index is 8.95. The van der Waals surface area contributed by atoms with Crippen LogP contribution < -0.4 is 4.74 Å². The van der Waals surface area contributed by atoms with Crippen molar-refractivity contribution in [1.82, 2.24) is 0 Å². The summed E-state index contributed by atoms with van der Waals surface area (Å²) < 4.78 is 5.19. The highest BCUT2D eigenvalue weighted by Crippen LogP contribution is 2.28. The van der Waals surface area contributed by atoms with E-state index in [1.807, 2.05) is 55.5 Å². The van der Waals surface area contributed by atoms with Gasteiger partial charge in [-0.2, -0.15) is 10.5 Å². The number of fused-ring (bicyclic) bond motifs is 1. The molecule has 0 aliphatic heterocycles. The van der Waals surface area contributed by atoms with E-state index in [0.29, 0.717) is 0 Å². The lowest BCUT2D eigenvalue weighted by atomic mass is 9.88. The van der Waals surface area contributed by atoms with Crippen LogP contribution in [0.1, 0.15) is 18.4 Å². The number of nitriles is 2. The Balaban J connectivity index is 2.43. The molecule has 3 heteroatoms. The van der Waals surface area contributed by atoms with Gasteiger partial charge in [0.2, 0.25) is 0 Å². The molecule has 0 saturated carbocycles. The summed E-state index contributed by atoms with van der Waals surface area (Å²) in [7, 11) is 1.64. The summed E-state index contributed by atoms with van der Waals surface area (Å²) in [6.07, 6.45) is 0. The zero-order chi connectivity index (χ0) is 13.8. The third kappa shape index (κ3) is 2.51. The third-order valence-corrected chi connectivity index (χ3v) is 3.38. The number of hydrogen-bond acceptors (Lipinski definition) is 3. The first kappa shape index (κ1) is 12.9. The number of benzene rings is 2. The molecule has 2 aromatic rings. The van der Waals surface area contributed by atoms with Crippen LogP contribution in [0, 0.1) is 28.6 Å². The van der Waals surface area contributed by atoms with Gasteiger partial charge in [-0.25, -0.2) is 0 Å². The minimum atomic E-state index is -0.615. The molecule has 1 atom stereocenters. The molecule has 2 aromatic carbocycles. The minimum Gasteiger partial charge on any atom is -0.497 e. The van der Waals surface area contributed by atoms with E-state index in [0.717, 1.165) is 22.1 Å². The SMILES string of the molecule is COc1ccc2cc(C(C)C(C#N)C#N)ccc2c1. The lowest BCUT2D eigenvalue weighted by Gasteiger charge is -2.13. The molecule has 0 aromatic heterocycles. The van der Waals surface area contributed by atoms with Crippen molar-refractivity contribution in [3.63, 3.8) is 0 Å². The Hall–Kier alpha value is -2.52. The molecule has 2 rings (SSSR count). The summed E-state index contributed by atoms with van der Waals surface area (Å²) >= 11 is 0. The van der Waals surface area contributed by atoms with Gasteiger partial charge in [0, 0.05) is 5.92 Å². The molecule has 94 valence electrons. The summed E-state index contributed by atoms with van der Waals surface area (Å²) in [4.78, 5) is 0. The van der Waals surface area contributed by atoms with E-state index >= 15 is 0 Å². The van der Waals surface area contributed by atoms with Gasteiger partial charge in [0.1, 0.15) is 11.7 Å². The molecule has 0 heterocycles.